The summed E-state index contributed by atoms with van der Waals surface area (Å²) in [5, 5.41) is 12.1. The summed E-state index contributed by atoms with van der Waals surface area (Å²) in [6, 6.07) is 6.98. The first kappa shape index (κ1) is 11.7. The van der Waals surface area contributed by atoms with Gasteiger partial charge in [-0.1, -0.05) is 36.8 Å². The number of carboxylic acids is 1. The van der Waals surface area contributed by atoms with Crippen molar-refractivity contribution in [2.45, 2.75) is 26.3 Å². The van der Waals surface area contributed by atoms with E-state index in [9.17, 15) is 4.79 Å². The van der Waals surface area contributed by atoms with Crippen LogP contribution in [-0.4, -0.2) is 17.6 Å². The highest BCUT2D eigenvalue weighted by molar-refractivity contribution is 5.75. The fraction of sp³-hybridized carbons (Fsp3) is 0.417. The van der Waals surface area contributed by atoms with Gasteiger partial charge in [0.2, 0.25) is 0 Å². The maximum absolute atomic E-state index is 11.0. The van der Waals surface area contributed by atoms with E-state index < -0.39 is 12.0 Å². The van der Waals surface area contributed by atoms with Crippen LogP contribution in [0.1, 0.15) is 30.5 Å². The number of hydrogen-bond acceptors (Lipinski definition) is 2. The third-order valence-electron chi connectivity index (χ3n) is 2.26. The Morgan fingerprint density at radius 1 is 1.40 bits per heavy atom. The first-order valence-corrected chi connectivity index (χ1v) is 5.18. The van der Waals surface area contributed by atoms with Gasteiger partial charge >= 0.3 is 5.97 Å². The van der Waals surface area contributed by atoms with Gasteiger partial charge in [0, 0.05) is 0 Å². The number of carboxylic acid groups (broad SMARTS) is 1. The average molecular weight is 207 g/mol. The van der Waals surface area contributed by atoms with Gasteiger partial charge in [-0.3, -0.25) is 4.79 Å². The minimum absolute atomic E-state index is 0.592. The van der Waals surface area contributed by atoms with E-state index in [2.05, 4.69) is 5.32 Å². The van der Waals surface area contributed by atoms with Crippen molar-refractivity contribution in [3.63, 3.8) is 0 Å². The lowest BCUT2D eigenvalue weighted by Crippen LogP contribution is -2.28. The number of carbonyl (C=O) groups is 1. The van der Waals surface area contributed by atoms with E-state index in [1.807, 2.05) is 38.1 Å². The molecule has 1 rings (SSSR count). The van der Waals surface area contributed by atoms with Crippen LogP contribution >= 0.6 is 0 Å². The van der Waals surface area contributed by atoms with Gasteiger partial charge < -0.3 is 10.4 Å². The lowest BCUT2D eigenvalue weighted by molar-refractivity contribution is -0.139. The smallest absolute Gasteiger partial charge is 0.325 e. The van der Waals surface area contributed by atoms with Crippen LogP contribution in [0.4, 0.5) is 0 Å². The van der Waals surface area contributed by atoms with Gasteiger partial charge in [0.25, 0.3) is 0 Å². The molecule has 0 aliphatic carbocycles. The molecule has 0 aromatic heterocycles. The zero-order chi connectivity index (χ0) is 11.3. The molecule has 0 amide bonds. The van der Waals surface area contributed by atoms with E-state index in [-0.39, 0.29) is 0 Å². The quantitative estimate of drug-likeness (QED) is 0.777. The first-order chi connectivity index (χ1) is 7.15. The highest BCUT2D eigenvalue weighted by Crippen LogP contribution is 2.13. The number of rotatable bonds is 5. The standard InChI is InChI=1S/C12H17NO2/c1-3-8-13-11(12(14)15)10-6-4-9(2)5-7-10/h4-7,11,13H,3,8H2,1-2H3,(H,14,15). The monoisotopic (exact) mass is 207 g/mol. The summed E-state index contributed by atoms with van der Waals surface area (Å²) in [5.41, 5.74) is 1.94. The second-order valence-electron chi connectivity index (χ2n) is 3.64. The molecule has 0 fully saturated rings. The highest BCUT2D eigenvalue weighted by atomic mass is 16.4. The lowest BCUT2D eigenvalue weighted by Gasteiger charge is -2.14. The van der Waals surface area contributed by atoms with Crippen LogP contribution < -0.4 is 5.32 Å². The zero-order valence-electron chi connectivity index (χ0n) is 9.16. The molecule has 0 aliphatic heterocycles. The molecule has 82 valence electrons. The Hall–Kier alpha value is -1.35. The Labute approximate surface area is 90.1 Å². The van der Waals surface area contributed by atoms with Crippen LogP contribution in [0, 0.1) is 6.92 Å². The van der Waals surface area contributed by atoms with E-state index in [4.69, 9.17) is 5.11 Å². The molecule has 1 atom stereocenters. The fourth-order valence-corrected chi connectivity index (χ4v) is 1.40. The van der Waals surface area contributed by atoms with Crippen molar-refractivity contribution >= 4 is 5.97 Å². The van der Waals surface area contributed by atoms with Crippen LogP contribution in [0.2, 0.25) is 0 Å². The zero-order valence-corrected chi connectivity index (χ0v) is 9.16. The van der Waals surface area contributed by atoms with E-state index in [1.165, 1.54) is 0 Å². The molecule has 0 radical (unpaired) electrons. The summed E-state index contributed by atoms with van der Waals surface area (Å²) in [6.07, 6.45) is 0.926. The Bertz CT molecular complexity index is 319. The molecule has 15 heavy (non-hydrogen) atoms. The molecule has 1 unspecified atom stereocenters. The second-order valence-corrected chi connectivity index (χ2v) is 3.64. The van der Waals surface area contributed by atoms with Crippen LogP contribution in [-0.2, 0) is 4.79 Å². The lowest BCUT2D eigenvalue weighted by atomic mass is 10.1. The highest BCUT2D eigenvalue weighted by Gasteiger charge is 2.17. The average Bonchev–Trinajstić information content (AvgIpc) is 2.21. The Morgan fingerprint density at radius 2 is 2.00 bits per heavy atom. The largest absolute Gasteiger partial charge is 0.480 e. The van der Waals surface area contributed by atoms with Crippen molar-refractivity contribution in [3.05, 3.63) is 35.4 Å². The normalized spacial score (nSPS) is 12.4. The molecule has 2 N–H and O–H groups in total. The van der Waals surface area contributed by atoms with Crippen molar-refractivity contribution in [1.82, 2.24) is 5.32 Å². The van der Waals surface area contributed by atoms with Crippen LogP contribution in [0.15, 0.2) is 24.3 Å². The van der Waals surface area contributed by atoms with Gasteiger partial charge in [0.1, 0.15) is 6.04 Å². The Balaban J connectivity index is 2.79. The summed E-state index contributed by atoms with van der Waals surface area (Å²) < 4.78 is 0. The minimum atomic E-state index is -0.827. The van der Waals surface area contributed by atoms with Gasteiger partial charge in [-0.05, 0) is 25.5 Å². The summed E-state index contributed by atoms with van der Waals surface area (Å²) in [6.45, 7) is 4.71. The second kappa shape index (κ2) is 5.51. The summed E-state index contributed by atoms with van der Waals surface area (Å²) >= 11 is 0. The molecule has 1 aromatic carbocycles. The molecular weight excluding hydrogens is 190 g/mol. The molecule has 0 aliphatic rings. The van der Waals surface area contributed by atoms with Crippen molar-refractivity contribution in [3.8, 4) is 0 Å². The maximum atomic E-state index is 11.0. The van der Waals surface area contributed by atoms with Crippen LogP contribution in [0.25, 0.3) is 0 Å². The van der Waals surface area contributed by atoms with Gasteiger partial charge in [-0.2, -0.15) is 0 Å². The maximum Gasteiger partial charge on any atom is 0.325 e. The number of aryl methyl sites for hydroxylation is 1. The van der Waals surface area contributed by atoms with Crippen LogP contribution in [0.3, 0.4) is 0 Å². The Morgan fingerprint density at radius 3 is 2.47 bits per heavy atom. The molecule has 0 bridgehead atoms. The van der Waals surface area contributed by atoms with Crippen molar-refractivity contribution in [2.75, 3.05) is 6.54 Å². The number of nitrogens with one attached hydrogen (secondary N) is 1. The molecular formula is C12H17NO2. The molecule has 3 nitrogen and oxygen atoms in total. The Kier molecular flexibility index (Phi) is 4.31. The van der Waals surface area contributed by atoms with E-state index >= 15 is 0 Å². The molecule has 3 heteroatoms. The molecule has 0 saturated carbocycles. The minimum Gasteiger partial charge on any atom is -0.480 e. The molecule has 0 spiro atoms. The van der Waals surface area contributed by atoms with Gasteiger partial charge in [-0.15, -0.1) is 0 Å². The van der Waals surface area contributed by atoms with Gasteiger partial charge in [0.15, 0.2) is 0 Å². The van der Waals surface area contributed by atoms with E-state index in [1.54, 1.807) is 0 Å². The summed E-state index contributed by atoms with van der Waals surface area (Å²) in [7, 11) is 0. The molecule has 0 saturated heterocycles. The predicted molar refractivity (Wildman–Crippen MR) is 59.8 cm³/mol. The summed E-state index contributed by atoms with van der Waals surface area (Å²) in [4.78, 5) is 11.0. The topological polar surface area (TPSA) is 49.3 Å². The third kappa shape index (κ3) is 3.36. The predicted octanol–water partition coefficient (Wildman–Crippen LogP) is 2.12. The molecule has 1 aromatic rings. The third-order valence-corrected chi connectivity index (χ3v) is 2.26. The van der Waals surface area contributed by atoms with Gasteiger partial charge in [-0.25, -0.2) is 0 Å². The van der Waals surface area contributed by atoms with Crippen molar-refractivity contribution < 1.29 is 9.90 Å². The van der Waals surface area contributed by atoms with E-state index in [0.29, 0.717) is 6.54 Å². The number of hydrogen-bond donors (Lipinski definition) is 2. The van der Waals surface area contributed by atoms with Crippen molar-refractivity contribution in [1.29, 1.82) is 0 Å². The number of aliphatic carboxylic acids is 1. The fourth-order valence-electron chi connectivity index (χ4n) is 1.40. The first-order valence-electron chi connectivity index (χ1n) is 5.18. The SMILES string of the molecule is CCCNC(C(=O)O)c1ccc(C)cc1. The van der Waals surface area contributed by atoms with Crippen LogP contribution in [0.5, 0.6) is 0 Å². The van der Waals surface area contributed by atoms with E-state index in [0.717, 1.165) is 17.5 Å². The van der Waals surface area contributed by atoms with Gasteiger partial charge in [0.05, 0.1) is 0 Å². The summed E-state index contributed by atoms with van der Waals surface area (Å²) in [5.74, 6) is -0.827. The number of benzene rings is 1. The molecule has 0 heterocycles. The van der Waals surface area contributed by atoms with Crippen molar-refractivity contribution in [2.24, 2.45) is 0 Å².